The fourth-order valence-electron chi connectivity index (χ4n) is 0.250. The molecule has 0 saturated heterocycles. The normalized spacial score (nSPS) is 8.70. The van der Waals surface area contributed by atoms with Crippen molar-refractivity contribution in [2.75, 3.05) is 41.3 Å². The quantitative estimate of drug-likeness (QED) is 0.543. The van der Waals surface area contributed by atoms with Gasteiger partial charge in [0, 0.05) is 11.6 Å². The van der Waals surface area contributed by atoms with E-state index in [1.165, 1.54) is 7.05 Å². The van der Waals surface area contributed by atoms with E-state index < -0.39 is 0 Å². The van der Waals surface area contributed by atoms with Gasteiger partial charge in [-0.15, -0.1) is 0 Å². The second-order valence-electron chi connectivity index (χ2n) is 5.27. The van der Waals surface area contributed by atoms with Crippen molar-refractivity contribution in [3.8, 4) is 0 Å². The van der Waals surface area contributed by atoms with Crippen molar-refractivity contribution < 1.29 is 0 Å². The highest BCUT2D eigenvalue weighted by Gasteiger charge is 1.95. The number of hydrogen-bond donors (Lipinski definition) is 5. The summed E-state index contributed by atoms with van der Waals surface area (Å²) in [5.74, 6) is 0. The van der Waals surface area contributed by atoms with E-state index in [9.17, 15) is 0 Å². The topological polar surface area (TPSA) is 88.1 Å². The van der Waals surface area contributed by atoms with Gasteiger partial charge in [0.2, 0.25) is 0 Å². The van der Waals surface area contributed by atoms with E-state index in [-0.39, 0.29) is 5.54 Å². The Morgan fingerprint density at radius 3 is 1.05 bits per heavy atom. The third-order valence-electron chi connectivity index (χ3n) is 1.08. The van der Waals surface area contributed by atoms with Crippen LogP contribution in [0.5, 0.6) is 0 Å². The van der Waals surface area contributed by atoms with Gasteiger partial charge in [-0.3, -0.25) is 0 Å². The van der Waals surface area contributed by atoms with Crippen LogP contribution in [0.25, 0.3) is 0 Å². The number of nitrogens with one attached hydrogen (secondary N) is 3. The Balaban J connectivity index is -0.0000000487. The smallest absolute Gasteiger partial charge is 0.00686 e. The Bertz CT molecular complexity index is 103. The van der Waals surface area contributed by atoms with E-state index in [0.29, 0.717) is 6.04 Å². The van der Waals surface area contributed by atoms with Gasteiger partial charge in [-0.25, -0.2) is 0 Å². The zero-order valence-electron chi connectivity index (χ0n) is 16.1. The minimum absolute atomic E-state index is 0. The van der Waals surface area contributed by atoms with Crippen LogP contribution >= 0.6 is 0 Å². The maximum atomic E-state index is 5.35. The number of nitrogens with two attached hydrogens (primary N) is 2. The molecule has 5 nitrogen and oxygen atoms in total. The Labute approximate surface area is 129 Å². The zero-order valence-corrected chi connectivity index (χ0v) is 16.1. The van der Waals surface area contributed by atoms with E-state index >= 15 is 0 Å². The van der Waals surface area contributed by atoms with Crippen molar-refractivity contribution in [2.24, 2.45) is 11.5 Å². The summed E-state index contributed by atoms with van der Waals surface area (Å²) in [5, 5.41) is 8.89. The van der Waals surface area contributed by atoms with E-state index in [1.807, 2.05) is 41.9 Å². The summed E-state index contributed by atoms with van der Waals surface area (Å²) in [6.07, 6.45) is 0. The number of hydrogen-bond acceptors (Lipinski definition) is 5. The highest BCUT2D eigenvalue weighted by Crippen LogP contribution is 1.88. The molecule has 0 fully saturated rings. The average Bonchev–Trinajstić information content (AvgIpc) is 2.32. The lowest BCUT2D eigenvalue weighted by atomic mass is 10.1. The summed E-state index contributed by atoms with van der Waals surface area (Å²) in [4.78, 5) is 0. The summed E-state index contributed by atoms with van der Waals surface area (Å²) < 4.78 is 0. The van der Waals surface area contributed by atoms with Crippen LogP contribution < -0.4 is 27.4 Å². The first-order valence-corrected chi connectivity index (χ1v) is 7.43. The molecular formula is C15H45N5. The number of rotatable bonds is 3. The molecule has 0 heterocycles. The van der Waals surface area contributed by atoms with Gasteiger partial charge in [0.05, 0.1) is 0 Å². The van der Waals surface area contributed by atoms with Crippen LogP contribution in [0, 0.1) is 0 Å². The van der Waals surface area contributed by atoms with Crippen molar-refractivity contribution in [1.29, 1.82) is 0 Å². The van der Waals surface area contributed by atoms with Crippen molar-refractivity contribution in [3.63, 3.8) is 0 Å². The molecule has 0 rings (SSSR count). The molecule has 0 unspecified atom stereocenters. The fourth-order valence-corrected chi connectivity index (χ4v) is 0.250. The highest BCUT2D eigenvalue weighted by atomic mass is 14.8. The third-order valence-corrected chi connectivity index (χ3v) is 1.08. The predicted octanol–water partition coefficient (Wildman–Crippen LogP) is 1.38. The summed E-state index contributed by atoms with van der Waals surface area (Å²) in [6.45, 7) is 16.5. The molecule has 20 heavy (non-hydrogen) atoms. The van der Waals surface area contributed by atoms with Crippen LogP contribution in [0.3, 0.4) is 0 Å². The van der Waals surface area contributed by atoms with Crippen LogP contribution in [-0.2, 0) is 0 Å². The minimum atomic E-state index is 0. The molecule has 0 aliphatic heterocycles. The van der Waals surface area contributed by atoms with E-state index in [4.69, 9.17) is 5.73 Å². The first-order chi connectivity index (χ1) is 9.10. The van der Waals surface area contributed by atoms with Gasteiger partial charge >= 0.3 is 0 Å². The molecule has 0 atom stereocenters. The SMILES string of the molecule is CC(C)(C)N.CCNCC.CN.CNC.CNC(C)C. The molecule has 0 aromatic carbocycles. The molecule has 0 aliphatic carbocycles. The molecule has 0 aromatic rings. The van der Waals surface area contributed by atoms with Crippen LogP contribution in [0.1, 0.15) is 48.5 Å². The third kappa shape index (κ3) is 348. The van der Waals surface area contributed by atoms with E-state index in [0.717, 1.165) is 13.1 Å². The Morgan fingerprint density at radius 2 is 1.05 bits per heavy atom. The van der Waals surface area contributed by atoms with Gasteiger partial charge in [0.15, 0.2) is 0 Å². The van der Waals surface area contributed by atoms with Crippen LogP contribution in [0.15, 0.2) is 0 Å². The van der Waals surface area contributed by atoms with Crippen molar-refractivity contribution in [1.82, 2.24) is 16.0 Å². The maximum absolute atomic E-state index is 5.35. The largest absolute Gasteiger partial charge is 0.333 e. The van der Waals surface area contributed by atoms with Gasteiger partial charge in [-0.05, 0) is 62.1 Å². The van der Waals surface area contributed by atoms with Gasteiger partial charge < -0.3 is 27.4 Å². The standard InChI is InChI=1S/3C4H11N.C2H7N.CH5N/c1-4(2)5-3;1-4(2,3)5;1-3-5-4-2;1-3-2;1-2/h4-5H,1-3H3;5H2,1-3H3;5H,3-4H2,1-2H3;3H,1-2H3;2H2,1H3. The zero-order chi connectivity index (χ0) is 17.6. The molecule has 0 saturated carbocycles. The second kappa shape index (κ2) is 31.3. The van der Waals surface area contributed by atoms with Crippen molar-refractivity contribution >= 4 is 0 Å². The van der Waals surface area contributed by atoms with Gasteiger partial charge in [0.25, 0.3) is 0 Å². The maximum Gasteiger partial charge on any atom is 0.00686 e. The molecule has 0 aliphatic rings. The highest BCUT2D eigenvalue weighted by molar-refractivity contribution is 4.60. The molecule has 7 N–H and O–H groups in total. The van der Waals surface area contributed by atoms with Crippen LogP contribution in [0.4, 0.5) is 0 Å². The molecule has 0 aromatic heterocycles. The predicted molar refractivity (Wildman–Crippen MR) is 97.4 cm³/mol. The summed E-state index contributed by atoms with van der Waals surface area (Å²) in [5.41, 5.74) is 9.85. The Hall–Kier alpha value is -0.200. The molecule has 0 bridgehead atoms. The van der Waals surface area contributed by atoms with Crippen LogP contribution in [0.2, 0.25) is 0 Å². The Morgan fingerprint density at radius 1 is 0.900 bits per heavy atom. The molecular weight excluding hydrogens is 250 g/mol. The lowest BCUT2D eigenvalue weighted by molar-refractivity contribution is 0.580. The molecule has 0 radical (unpaired) electrons. The van der Waals surface area contributed by atoms with Crippen molar-refractivity contribution in [2.45, 2.75) is 60.0 Å². The summed E-state index contributed by atoms with van der Waals surface area (Å²) in [7, 11) is 7.20. The monoisotopic (exact) mass is 295 g/mol. The minimum Gasteiger partial charge on any atom is -0.333 e. The van der Waals surface area contributed by atoms with E-state index in [1.54, 1.807) is 0 Å². The molecule has 0 amide bonds. The van der Waals surface area contributed by atoms with Gasteiger partial charge in [-0.1, -0.05) is 27.7 Å². The first kappa shape index (κ1) is 31.9. The first-order valence-electron chi connectivity index (χ1n) is 7.43. The lowest BCUT2D eigenvalue weighted by Crippen LogP contribution is -2.26. The van der Waals surface area contributed by atoms with Gasteiger partial charge in [0.1, 0.15) is 0 Å². The molecule has 130 valence electrons. The average molecular weight is 296 g/mol. The Kier molecular flexibility index (Phi) is 50.0. The van der Waals surface area contributed by atoms with Crippen LogP contribution in [-0.4, -0.2) is 52.9 Å². The fraction of sp³-hybridized carbons (Fsp3) is 1.00. The van der Waals surface area contributed by atoms with E-state index in [2.05, 4.69) is 49.4 Å². The molecule has 5 heteroatoms. The van der Waals surface area contributed by atoms with Crippen molar-refractivity contribution in [3.05, 3.63) is 0 Å². The summed E-state index contributed by atoms with van der Waals surface area (Å²) >= 11 is 0. The lowest BCUT2D eigenvalue weighted by Gasteiger charge is -2.06. The molecule has 0 spiro atoms. The summed E-state index contributed by atoms with van der Waals surface area (Å²) in [6, 6.07) is 0.634. The second-order valence-corrected chi connectivity index (χ2v) is 5.27. The van der Waals surface area contributed by atoms with Gasteiger partial charge in [-0.2, -0.15) is 0 Å².